The van der Waals surface area contributed by atoms with Crippen molar-refractivity contribution in [2.45, 2.75) is 6.42 Å². The maximum atomic E-state index is 14.1. The summed E-state index contributed by atoms with van der Waals surface area (Å²) >= 11 is 0. The average molecular weight is 359 g/mol. The number of hydrogen-bond acceptors (Lipinski definition) is 3. The van der Waals surface area contributed by atoms with Gasteiger partial charge in [0, 0.05) is 17.0 Å². The lowest BCUT2D eigenvalue weighted by molar-refractivity contribution is 0.397. The molecule has 0 saturated heterocycles. The molecule has 0 fully saturated rings. The van der Waals surface area contributed by atoms with E-state index in [1.165, 1.54) is 0 Å². The summed E-state index contributed by atoms with van der Waals surface area (Å²) in [5.41, 5.74) is 0.852. The fourth-order valence-corrected chi connectivity index (χ4v) is 5.45. The van der Waals surface area contributed by atoms with Crippen LogP contribution in [0.5, 0.6) is 0 Å². The maximum absolute atomic E-state index is 14.1. The number of nitriles is 1. The Labute approximate surface area is 153 Å². The van der Waals surface area contributed by atoms with Crippen molar-refractivity contribution < 1.29 is 9.67 Å². The smallest absolute Gasteiger partial charge is 0.184 e. The van der Waals surface area contributed by atoms with Crippen LogP contribution in [0, 0.1) is 11.3 Å². The van der Waals surface area contributed by atoms with Crippen molar-refractivity contribution in [3.8, 4) is 6.07 Å². The van der Waals surface area contributed by atoms with Crippen molar-refractivity contribution in [1.82, 2.24) is 0 Å². The van der Waals surface area contributed by atoms with E-state index in [-0.39, 0.29) is 17.5 Å². The van der Waals surface area contributed by atoms with E-state index in [2.05, 4.69) is 0 Å². The molecule has 3 aromatic carbocycles. The van der Waals surface area contributed by atoms with Crippen LogP contribution < -0.4 is 10.6 Å². The van der Waals surface area contributed by atoms with Gasteiger partial charge in [-0.05, 0) is 5.56 Å². The fraction of sp³-hybridized carbons (Fsp3) is 0.0455. The van der Waals surface area contributed by atoms with Gasteiger partial charge in [0.1, 0.15) is 17.1 Å². The zero-order valence-electron chi connectivity index (χ0n) is 14.1. The van der Waals surface area contributed by atoms with E-state index in [0.29, 0.717) is 10.6 Å². The second kappa shape index (κ2) is 7.87. The highest BCUT2D eigenvalue weighted by Crippen LogP contribution is 2.52. The predicted octanol–water partition coefficient (Wildman–Crippen LogP) is 4.54. The van der Waals surface area contributed by atoms with Gasteiger partial charge >= 0.3 is 0 Å². The molecule has 0 aliphatic carbocycles. The minimum Gasteiger partial charge on any atom is -0.510 e. The van der Waals surface area contributed by atoms with Crippen molar-refractivity contribution in [2.24, 2.45) is 0 Å². The van der Waals surface area contributed by atoms with Gasteiger partial charge in [0.05, 0.1) is 0 Å². The van der Waals surface area contributed by atoms with Gasteiger partial charge in [0.25, 0.3) is 0 Å². The Kier molecular flexibility index (Phi) is 5.37. The Hall–Kier alpha value is -3.08. The highest BCUT2D eigenvalue weighted by molar-refractivity contribution is 7.82. The normalized spacial score (nSPS) is 12.1. The summed E-state index contributed by atoms with van der Waals surface area (Å²) in [5.74, 6) is -0.158. The molecule has 3 aromatic rings. The molecular weight excluding hydrogens is 341 g/mol. The van der Waals surface area contributed by atoms with E-state index < -0.39 is 7.14 Å². The van der Waals surface area contributed by atoms with Gasteiger partial charge in [0.2, 0.25) is 0 Å². The van der Waals surface area contributed by atoms with Gasteiger partial charge in [0.15, 0.2) is 7.14 Å². The van der Waals surface area contributed by atoms with E-state index in [9.17, 15) is 14.9 Å². The molecule has 0 radical (unpaired) electrons. The highest BCUT2D eigenvalue weighted by Gasteiger charge is 2.34. The maximum Gasteiger partial charge on any atom is 0.184 e. The van der Waals surface area contributed by atoms with Gasteiger partial charge in [-0.1, -0.05) is 91.0 Å². The lowest BCUT2D eigenvalue weighted by atomic mass is 10.1. The molecule has 0 aliphatic rings. The van der Waals surface area contributed by atoms with Crippen molar-refractivity contribution in [1.29, 1.82) is 5.26 Å². The van der Waals surface area contributed by atoms with Gasteiger partial charge in [-0.3, -0.25) is 0 Å². The van der Waals surface area contributed by atoms with E-state index >= 15 is 0 Å². The first-order valence-electron chi connectivity index (χ1n) is 8.24. The molecule has 1 N–H and O–H groups in total. The standard InChI is InChI=1S/C22H18NO2P/c23-17-22(21(24)16-18-10-4-1-5-11-18)26(25,19-12-6-2-7-13-19)20-14-8-3-9-15-20/h1-15,24H,16H2/b22-21-. The molecule has 0 spiro atoms. The largest absolute Gasteiger partial charge is 0.510 e. The van der Waals surface area contributed by atoms with Crippen molar-refractivity contribution in [2.75, 3.05) is 0 Å². The Morgan fingerprint density at radius 1 is 0.808 bits per heavy atom. The molecule has 3 rings (SSSR count). The van der Waals surface area contributed by atoms with Crippen LogP contribution >= 0.6 is 7.14 Å². The first-order valence-corrected chi connectivity index (χ1v) is 9.95. The summed E-state index contributed by atoms with van der Waals surface area (Å²) in [6.07, 6.45) is 0.160. The third-order valence-corrected chi connectivity index (χ3v) is 7.19. The topological polar surface area (TPSA) is 61.1 Å². The molecule has 3 nitrogen and oxygen atoms in total. The third kappa shape index (κ3) is 3.47. The van der Waals surface area contributed by atoms with Crippen LogP contribution in [0.4, 0.5) is 0 Å². The molecule has 0 heterocycles. The lowest BCUT2D eigenvalue weighted by Crippen LogP contribution is -2.18. The molecule has 128 valence electrons. The minimum atomic E-state index is -3.46. The van der Waals surface area contributed by atoms with Crippen molar-refractivity contribution in [3.63, 3.8) is 0 Å². The highest BCUT2D eigenvalue weighted by atomic mass is 31.2. The zero-order chi connectivity index (χ0) is 18.4. The molecule has 0 saturated carbocycles. The predicted molar refractivity (Wildman–Crippen MR) is 105 cm³/mol. The zero-order valence-corrected chi connectivity index (χ0v) is 15.0. The van der Waals surface area contributed by atoms with Crippen LogP contribution in [0.3, 0.4) is 0 Å². The first-order chi connectivity index (χ1) is 12.7. The number of hydrogen-bond donors (Lipinski definition) is 1. The molecule has 4 heteroatoms. The Morgan fingerprint density at radius 2 is 1.23 bits per heavy atom. The summed E-state index contributed by atoms with van der Waals surface area (Å²) < 4.78 is 14.1. The van der Waals surface area contributed by atoms with Crippen molar-refractivity contribution >= 4 is 17.8 Å². The number of aliphatic hydroxyl groups is 1. The number of benzene rings is 3. The van der Waals surface area contributed by atoms with Crippen LogP contribution in [0.1, 0.15) is 5.56 Å². The number of allylic oxidation sites excluding steroid dienone is 2. The Bertz CT molecular complexity index is 947. The lowest BCUT2D eigenvalue weighted by Gasteiger charge is -2.19. The number of aliphatic hydroxyl groups excluding tert-OH is 1. The fourth-order valence-electron chi connectivity index (χ4n) is 2.87. The third-order valence-electron chi connectivity index (χ3n) is 4.15. The van der Waals surface area contributed by atoms with Crippen LogP contribution in [0.2, 0.25) is 0 Å². The molecule has 0 unspecified atom stereocenters. The summed E-state index contributed by atoms with van der Waals surface area (Å²) in [4.78, 5) is 0. The summed E-state index contributed by atoms with van der Waals surface area (Å²) in [5, 5.41) is 21.5. The van der Waals surface area contributed by atoms with Gasteiger partial charge in [-0.2, -0.15) is 5.26 Å². The van der Waals surface area contributed by atoms with E-state index in [0.717, 1.165) is 5.56 Å². The molecular formula is C22H18NO2P. The molecule has 0 aliphatic heterocycles. The summed E-state index contributed by atoms with van der Waals surface area (Å²) in [6, 6.07) is 29.1. The van der Waals surface area contributed by atoms with Crippen LogP contribution in [0.15, 0.2) is 102 Å². The van der Waals surface area contributed by atoms with E-state index in [4.69, 9.17) is 0 Å². The SMILES string of the molecule is N#C/C(=C(/O)Cc1ccccc1)P(=O)(c1ccccc1)c1ccccc1. The van der Waals surface area contributed by atoms with Crippen LogP contribution in [-0.2, 0) is 11.0 Å². The molecule has 0 aromatic heterocycles. The summed E-state index contributed by atoms with van der Waals surface area (Å²) in [7, 11) is -3.46. The molecule has 0 atom stereocenters. The minimum absolute atomic E-state index is 0.0706. The van der Waals surface area contributed by atoms with E-state index in [1.807, 2.05) is 48.5 Å². The van der Waals surface area contributed by atoms with Crippen LogP contribution in [0.25, 0.3) is 0 Å². The molecule has 26 heavy (non-hydrogen) atoms. The quantitative estimate of drug-likeness (QED) is 0.413. The average Bonchev–Trinajstić information content (AvgIpc) is 2.70. The Morgan fingerprint density at radius 3 is 1.65 bits per heavy atom. The Balaban J connectivity index is 2.19. The van der Waals surface area contributed by atoms with Gasteiger partial charge in [-0.25, -0.2) is 0 Å². The van der Waals surface area contributed by atoms with E-state index in [1.54, 1.807) is 48.5 Å². The monoisotopic (exact) mass is 359 g/mol. The molecule has 0 amide bonds. The number of rotatable bonds is 5. The van der Waals surface area contributed by atoms with Gasteiger partial charge < -0.3 is 9.67 Å². The summed E-state index contributed by atoms with van der Waals surface area (Å²) in [6.45, 7) is 0. The first kappa shape index (κ1) is 17.7. The van der Waals surface area contributed by atoms with Crippen LogP contribution in [-0.4, -0.2) is 5.11 Å². The second-order valence-electron chi connectivity index (χ2n) is 5.85. The van der Waals surface area contributed by atoms with Gasteiger partial charge in [-0.15, -0.1) is 0 Å². The number of nitrogens with zero attached hydrogens (tertiary/aromatic N) is 1. The second-order valence-corrected chi connectivity index (χ2v) is 8.55. The molecule has 0 bridgehead atoms. The van der Waals surface area contributed by atoms with Crippen molar-refractivity contribution in [3.05, 3.63) is 108 Å².